The van der Waals surface area contributed by atoms with Gasteiger partial charge in [0.1, 0.15) is 12.4 Å². The minimum Gasteiger partial charge on any atom is -1.00 e. The molecule has 0 aromatic carbocycles. The molecule has 5 nitrogen and oxygen atoms in total. The highest BCUT2D eigenvalue weighted by Crippen LogP contribution is 1.85. The van der Waals surface area contributed by atoms with E-state index in [1.165, 1.54) is 6.42 Å². The number of primary amides is 2. The summed E-state index contributed by atoms with van der Waals surface area (Å²) >= 11 is 0. The molecule has 4 N–H and O–H groups in total. The van der Waals surface area contributed by atoms with Crippen LogP contribution in [0.5, 0.6) is 0 Å². The summed E-state index contributed by atoms with van der Waals surface area (Å²) in [5.74, 6) is 0. The van der Waals surface area contributed by atoms with Crippen molar-refractivity contribution < 1.29 is 21.8 Å². The van der Waals surface area contributed by atoms with Crippen LogP contribution in [0.25, 0.3) is 0 Å². The molecule has 1 aromatic rings. The third-order valence-electron chi connectivity index (χ3n) is 1.31. The van der Waals surface area contributed by atoms with Gasteiger partial charge >= 0.3 is 6.03 Å². The third kappa shape index (κ3) is 8.86. The fourth-order valence-corrected chi connectivity index (χ4v) is 0.892. The van der Waals surface area contributed by atoms with Crippen LogP contribution >= 0.6 is 0 Å². The number of nitrogens with zero attached hydrogens (tertiary/aromatic N) is 2. The van der Waals surface area contributed by atoms with Crippen LogP contribution < -0.4 is 28.4 Å². The number of hydrogen-bond donors (Lipinski definition) is 2. The number of amides is 2. The Morgan fingerprint density at radius 2 is 2.00 bits per heavy atom. The minimum absolute atomic E-state index is 0. The highest BCUT2D eigenvalue weighted by molar-refractivity contribution is 5.69. The van der Waals surface area contributed by atoms with Crippen LogP contribution in [0.3, 0.4) is 0 Å². The van der Waals surface area contributed by atoms with E-state index in [1.54, 1.807) is 0 Å². The Labute approximate surface area is 90.1 Å². The van der Waals surface area contributed by atoms with E-state index in [-0.39, 0.29) is 12.4 Å². The molecule has 0 saturated heterocycles. The first kappa shape index (κ1) is 15.3. The normalized spacial score (nSPS) is 8.14. The minimum atomic E-state index is -0.833. The van der Waals surface area contributed by atoms with Crippen molar-refractivity contribution in [2.75, 3.05) is 0 Å². The summed E-state index contributed by atoms with van der Waals surface area (Å²) in [4.78, 5) is 9.00. The van der Waals surface area contributed by atoms with Gasteiger partial charge in [0.05, 0.1) is 13.6 Å². The van der Waals surface area contributed by atoms with E-state index in [0.717, 1.165) is 6.54 Å². The SMILES string of the molecule is CCCn1cc[n+](C)c1.NC(N)=O.[Cl-]. The van der Waals surface area contributed by atoms with Gasteiger partial charge in [-0.1, -0.05) is 6.92 Å². The molecule has 0 atom stereocenters. The lowest BCUT2D eigenvalue weighted by molar-refractivity contribution is -0.671. The molecule has 0 aliphatic carbocycles. The maximum Gasteiger partial charge on any atom is 0.309 e. The average Bonchev–Trinajstić information content (AvgIpc) is 2.35. The van der Waals surface area contributed by atoms with Gasteiger partial charge in [0, 0.05) is 0 Å². The molecule has 0 radical (unpaired) electrons. The zero-order valence-electron chi connectivity index (χ0n) is 8.48. The molecule has 82 valence electrons. The molecule has 2 amide bonds. The number of nitrogens with two attached hydrogens (primary N) is 2. The lowest BCUT2D eigenvalue weighted by Gasteiger charge is -1.86. The molecule has 0 saturated carbocycles. The third-order valence-corrected chi connectivity index (χ3v) is 1.31. The molecule has 14 heavy (non-hydrogen) atoms. The van der Waals surface area contributed by atoms with Crippen LogP contribution in [0, 0.1) is 0 Å². The summed E-state index contributed by atoms with van der Waals surface area (Å²) in [6.45, 7) is 3.31. The summed E-state index contributed by atoms with van der Waals surface area (Å²) in [5, 5.41) is 0. The number of imidazole rings is 1. The maximum absolute atomic E-state index is 9.00. The van der Waals surface area contributed by atoms with Crippen molar-refractivity contribution >= 4 is 6.03 Å². The standard InChI is InChI=1S/C7H13N2.CH4N2O.ClH/c1-3-4-9-6-5-8(2)7-9;2-1(3)4;/h5-7H,3-4H2,1-2H3;(H4,2,3,4);1H/q+1;;/p-1. The van der Waals surface area contributed by atoms with E-state index in [4.69, 9.17) is 4.79 Å². The number of halogens is 1. The van der Waals surface area contributed by atoms with E-state index in [0.29, 0.717) is 0 Å². The maximum atomic E-state index is 9.00. The smallest absolute Gasteiger partial charge is 0.309 e. The van der Waals surface area contributed by atoms with Crippen LogP contribution in [-0.4, -0.2) is 10.6 Å². The van der Waals surface area contributed by atoms with Crippen molar-refractivity contribution in [1.82, 2.24) is 4.57 Å². The molecule has 0 aliphatic heterocycles. The number of aromatic nitrogens is 2. The number of carbonyl (C=O) groups is 1. The first-order chi connectivity index (χ1) is 6.06. The highest BCUT2D eigenvalue weighted by atomic mass is 35.5. The summed E-state index contributed by atoms with van der Waals surface area (Å²) in [5.41, 5.74) is 8.50. The number of aryl methyl sites for hydroxylation is 2. The second kappa shape index (κ2) is 8.37. The Morgan fingerprint density at radius 1 is 1.50 bits per heavy atom. The summed E-state index contributed by atoms with van der Waals surface area (Å²) < 4.78 is 4.23. The molecule has 6 heteroatoms. The van der Waals surface area contributed by atoms with Crippen LogP contribution in [-0.2, 0) is 13.6 Å². The number of hydrogen-bond acceptors (Lipinski definition) is 1. The Hall–Kier alpha value is -1.23. The Morgan fingerprint density at radius 3 is 2.29 bits per heavy atom. The van der Waals surface area contributed by atoms with Crippen molar-refractivity contribution in [1.29, 1.82) is 0 Å². The van der Waals surface area contributed by atoms with Crippen molar-refractivity contribution in [3.63, 3.8) is 0 Å². The predicted octanol–water partition coefficient (Wildman–Crippen LogP) is -3.25. The molecule has 1 rings (SSSR count). The van der Waals surface area contributed by atoms with Crippen LogP contribution in [0.15, 0.2) is 18.7 Å². The second-order valence-corrected chi connectivity index (χ2v) is 2.72. The van der Waals surface area contributed by atoms with Gasteiger partial charge in [0.2, 0.25) is 6.33 Å². The van der Waals surface area contributed by atoms with Gasteiger partial charge in [-0.2, -0.15) is 0 Å². The molecular weight excluding hydrogens is 204 g/mol. The number of urea groups is 1. The van der Waals surface area contributed by atoms with Gasteiger partial charge in [-0.25, -0.2) is 13.9 Å². The van der Waals surface area contributed by atoms with Gasteiger partial charge in [0.25, 0.3) is 0 Å². The van der Waals surface area contributed by atoms with Crippen LogP contribution in [0.2, 0.25) is 0 Å². The Bertz CT molecular complexity index is 258. The summed E-state index contributed by atoms with van der Waals surface area (Å²) in [7, 11) is 2.03. The molecular formula is C8H17ClN4O. The summed E-state index contributed by atoms with van der Waals surface area (Å²) in [6, 6.07) is -0.833. The van der Waals surface area contributed by atoms with Gasteiger partial charge in [-0.3, -0.25) is 0 Å². The molecule has 1 aromatic heterocycles. The molecule has 0 spiro atoms. The fourth-order valence-electron chi connectivity index (χ4n) is 0.892. The van der Waals surface area contributed by atoms with E-state index < -0.39 is 6.03 Å². The van der Waals surface area contributed by atoms with Gasteiger partial charge < -0.3 is 23.9 Å². The first-order valence-electron chi connectivity index (χ1n) is 4.12. The lowest BCUT2D eigenvalue weighted by Crippen LogP contribution is -3.00. The van der Waals surface area contributed by atoms with Crippen molar-refractivity contribution in [2.45, 2.75) is 19.9 Å². The van der Waals surface area contributed by atoms with E-state index in [2.05, 4.69) is 46.2 Å². The lowest BCUT2D eigenvalue weighted by atomic mass is 10.5. The van der Waals surface area contributed by atoms with Gasteiger partial charge in [-0.15, -0.1) is 0 Å². The average molecular weight is 221 g/mol. The molecule has 0 unspecified atom stereocenters. The van der Waals surface area contributed by atoms with Crippen molar-refractivity contribution in [3.05, 3.63) is 18.7 Å². The van der Waals surface area contributed by atoms with E-state index in [1.807, 2.05) is 7.05 Å². The summed E-state index contributed by atoms with van der Waals surface area (Å²) in [6.07, 6.45) is 7.43. The second-order valence-electron chi connectivity index (χ2n) is 2.72. The molecule has 0 fully saturated rings. The molecule has 0 aliphatic rings. The van der Waals surface area contributed by atoms with Gasteiger partial charge in [0.15, 0.2) is 0 Å². The zero-order valence-corrected chi connectivity index (χ0v) is 9.24. The molecule has 0 bridgehead atoms. The van der Waals surface area contributed by atoms with Gasteiger partial charge in [-0.05, 0) is 6.42 Å². The molecule has 1 heterocycles. The van der Waals surface area contributed by atoms with Crippen LogP contribution in [0.1, 0.15) is 13.3 Å². The Balaban J connectivity index is 0. The monoisotopic (exact) mass is 220 g/mol. The van der Waals surface area contributed by atoms with Crippen LogP contribution in [0.4, 0.5) is 4.79 Å². The first-order valence-corrected chi connectivity index (χ1v) is 4.12. The number of rotatable bonds is 2. The Kier molecular flexibility index (Phi) is 9.12. The number of carbonyl (C=O) groups excluding carboxylic acids is 1. The fraction of sp³-hybridized carbons (Fsp3) is 0.500. The van der Waals surface area contributed by atoms with Crippen molar-refractivity contribution in [2.24, 2.45) is 18.5 Å². The zero-order chi connectivity index (χ0) is 10.3. The van der Waals surface area contributed by atoms with Crippen molar-refractivity contribution in [3.8, 4) is 0 Å². The predicted molar refractivity (Wildman–Crippen MR) is 49.7 cm³/mol. The highest BCUT2D eigenvalue weighted by Gasteiger charge is 1.94. The largest absolute Gasteiger partial charge is 1.00 e. The quantitative estimate of drug-likeness (QED) is 0.505. The van der Waals surface area contributed by atoms with E-state index in [9.17, 15) is 0 Å². The topological polar surface area (TPSA) is 77.9 Å². The van der Waals surface area contributed by atoms with E-state index >= 15 is 0 Å².